The standard InChI is InChI=1S/C28H34N6O3/c1-18-13-20(4-7-23(18)28(36)31-21-5-6-21)24-16-30-34-25(29-15-19-8-11-37-12-9-19)14-26(32-27(24)34)33-10-2-3-22(33)17-35/h4-5,7,13-14,16,19,22,29,35H,2-3,6,8-12,15,17H2,1H3,(H,31,36). The Hall–Kier alpha value is -3.43. The third kappa shape index (κ3) is 4.93. The van der Waals surface area contributed by atoms with Gasteiger partial charge in [0.05, 0.1) is 18.8 Å². The van der Waals surface area contributed by atoms with Crippen molar-refractivity contribution >= 4 is 23.2 Å². The maximum absolute atomic E-state index is 12.6. The number of carbonyl (C=O) groups excluding carboxylic acids is 1. The van der Waals surface area contributed by atoms with E-state index in [2.05, 4.69) is 21.6 Å². The molecule has 0 saturated carbocycles. The molecule has 3 aromatic rings. The maximum Gasteiger partial charge on any atom is 0.255 e. The highest BCUT2D eigenvalue weighted by atomic mass is 16.5. The van der Waals surface area contributed by atoms with Crippen molar-refractivity contribution in [2.75, 3.05) is 43.1 Å². The quantitative estimate of drug-likeness (QED) is 0.433. The second kappa shape index (κ2) is 10.1. The summed E-state index contributed by atoms with van der Waals surface area (Å²) in [5, 5.41) is 21.2. The number of aliphatic hydroxyl groups excluding tert-OH is 1. The molecule has 0 bridgehead atoms. The summed E-state index contributed by atoms with van der Waals surface area (Å²) in [6, 6.07) is 8.01. The van der Waals surface area contributed by atoms with Crippen molar-refractivity contribution in [1.29, 1.82) is 0 Å². The van der Waals surface area contributed by atoms with Crippen LogP contribution in [-0.4, -0.2) is 64.6 Å². The summed E-state index contributed by atoms with van der Waals surface area (Å²) in [4.78, 5) is 19.9. The van der Waals surface area contributed by atoms with Crippen LogP contribution in [0.25, 0.3) is 16.8 Å². The number of fused-ring (bicyclic) bond motifs is 1. The van der Waals surface area contributed by atoms with Gasteiger partial charge in [0.15, 0.2) is 5.65 Å². The van der Waals surface area contributed by atoms with Crippen LogP contribution in [0.2, 0.25) is 0 Å². The lowest BCUT2D eigenvalue weighted by Gasteiger charge is -2.26. The molecule has 3 aliphatic rings. The van der Waals surface area contributed by atoms with E-state index in [1.807, 2.05) is 41.9 Å². The average molecular weight is 503 g/mol. The minimum Gasteiger partial charge on any atom is -0.394 e. The van der Waals surface area contributed by atoms with E-state index < -0.39 is 0 Å². The Kier molecular flexibility index (Phi) is 6.56. The molecule has 9 nitrogen and oxygen atoms in total. The van der Waals surface area contributed by atoms with Crippen molar-refractivity contribution in [3.63, 3.8) is 0 Å². The Morgan fingerprint density at radius 1 is 1.22 bits per heavy atom. The van der Waals surface area contributed by atoms with Gasteiger partial charge in [0.25, 0.3) is 5.91 Å². The molecule has 2 aliphatic heterocycles. The van der Waals surface area contributed by atoms with Crippen LogP contribution in [0.5, 0.6) is 0 Å². The van der Waals surface area contributed by atoms with E-state index in [-0.39, 0.29) is 18.6 Å². The molecule has 37 heavy (non-hydrogen) atoms. The second-order valence-electron chi connectivity index (χ2n) is 10.3. The zero-order chi connectivity index (χ0) is 25.4. The van der Waals surface area contributed by atoms with E-state index in [1.54, 1.807) is 0 Å². The van der Waals surface area contributed by atoms with Gasteiger partial charge in [0.2, 0.25) is 0 Å². The van der Waals surface area contributed by atoms with Crippen molar-refractivity contribution < 1.29 is 14.6 Å². The number of nitrogens with zero attached hydrogens (tertiary/aromatic N) is 4. The lowest BCUT2D eigenvalue weighted by Crippen LogP contribution is -2.33. The number of hydrogen-bond acceptors (Lipinski definition) is 7. The first-order valence-electron chi connectivity index (χ1n) is 13.3. The Bertz CT molecular complexity index is 1340. The van der Waals surface area contributed by atoms with Crippen molar-refractivity contribution in [3.8, 4) is 11.1 Å². The number of nitrogens with one attached hydrogen (secondary N) is 2. The fourth-order valence-corrected chi connectivity index (χ4v) is 5.41. The summed E-state index contributed by atoms with van der Waals surface area (Å²) >= 11 is 0. The molecule has 1 unspecified atom stereocenters. The van der Waals surface area contributed by atoms with Crippen molar-refractivity contribution in [2.24, 2.45) is 5.92 Å². The van der Waals surface area contributed by atoms with Crippen LogP contribution in [0.3, 0.4) is 0 Å². The fraction of sp³-hybridized carbons (Fsp3) is 0.464. The molecular formula is C28H34N6O3. The Morgan fingerprint density at radius 2 is 2.05 bits per heavy atom. The minimum absolute atomic E-state index is 0.0725. The SMILES string of the molecule is Cc1cc(-c2cnn3c(NCC4CCOCC4)cc(N4CCCC4CO)nc23)ccc1C(=O)NC1=CC1. The number of carbonyl (C=O) groups is 1. The van der Waals surface area contributed by atoms with E-state index in [0.717, 1.165) is 98.1 Å². The fourth-order valence-electron chi connectivity index (χ4n) is 5.41. The molecule has 2 saturated heterocycles. The molecule has 1 atom stereocenters. The minimum atomic E-state index is -0.0725. The molecule has 4 heterocycles. The summed E-state index contributed by atoms with van der Waals surface area (Å²) in [6.45, 7) is 5.42. The largest absolute Gasteiger partial charge is 0.394 e. The highest BCUT2D eigenvalue weighted by Gasteiger charge is 2.27. The molecule has 2 fully saturated rings. The zero-order valence-electron chi connectivity index (χ0n) is 21.2. The summed E-state index contributed by atoms with van der Waals surface area (Å²) in [5.41, 5.74) is 5.20. The van der Waals surface area contributed by atoms with Crippen LogP contribution < -0.4 is 15.5 Å². The molecular weight excluding hydrogens is 468 g/mol. The molecule has 1 aromatic carbocycles. The van der Waals surface area contributed by atoms with Crippen LogP contribution in [-0.2, 0) is 4.74 Å². The molecule has 1 amide bonds. The first-order chi connectivity index (χ1) is 18.1. The van der Waals surface area contributed by atoms with Gasteiger partial charge < -0.3 is 25.4 Å². The van der Waals surface area contributed by atoms with E-state index >= 15 is 0 Å². The number of anilines is 2. The van der Waals surface area contributed by atoms with Crippen LogP contribution in [0.15, 0.2) is 42.2 Å². The summed E-state index contributed by atoms with van der Waals surface area (Å²) in [7, 11) is 0. The van der Waals surface area contributed by atoms with Gasteiger partial charge in [0, 0.05) is 55.6 Å². The number of amides is 1. The maximum atomic E-state index is 12.6. The zero-order valence-corrected chi connectivity index (χ0v) is 21.2. The highest BCUT2D eigenvalue weighted by Crippen LogP contribution is 2.32. The van der Waals surface area contributed by atoms with Gasteiger partial charge in [-0.1, -0.05) is 18.2 Å². The normalized spacial score (nSPS) is 19.8. The molecule has 3 N–H and O–H groups in total. The van der Waals surface area contributed by atoms with Gasteiger partial charge in [-0.3, -0.25) is 4.79 Å². The first kappa shape index (κ1) is 23.9. The van der Waals surface area contributed by atoms with Crippen LogP contribution >= 0.6 is 0 Å². The number of rotatable bonds is 8. The molecule has 9 heteroatoms. The number of hydrogen-bond donors (Lipinski definition) is 3. The van der Waals surface area contributed by atoms with Crippen LogP contribution in [0.4, 0.5) is 11.6 Å². The van der Waals surface area contributed by atoms with Crippen molar-refractivity contribution in [1.82, 2.24) is 19.9 Å². The predicted molar refractivity (Wildman–Crippen MR) is 143 cm³/mol. The van der Waals surface area contributed by atoms with Gasteiger partial charge in [0.1, 0.15) is 11.6 Å². The molecule has 2 aromatic heterocycles. The van der Waals surface area contributed by atoms with E-state index in [9.17, 15) is 9.90 Å². The average Bonchev–Trinajstić information content (AvgIpc) is 3.42. The topological polar surface area (TPSA) is 104 Å². The Balaban J connectivity index is 1.36. The number of allylic oxidation sites excluding steroid dienone is 2. The van der Waals surface area contributed by atoms with Gasteiger partial charge in [-0.15, -0.1) is 0 Å². The highest BCUT2D eigenvalue weighted by molar-refractivity contribution is 5.98. The summed E-state index contributed by atoms with van der Waals surface area (Å²) in [5.74, 6) is 2.23. The summed E-state index contributed by atoms with van der Waals surface area (Å²) in [6.07, 6.45) is 8.80. The predicted octanol–water partition coefficient (Wildman–Crippen LogP) is 3.52. The lowest BCUT2D eigenvalue weighted by atomic mass is 10.0. The smallest absolute Gasteiger partial charge is 0.255 e. The molecule has 0 radical (unpaired) electrons. The number of aryl methyl sites for hydroxylation is 1. The molecule has 6 rings (SSSR count). The Labute approximate surface area is 216 Å². The van der Waals surface area contributed by atoms with Crippen molar-refractivity contribution in [3.05, 3.63) is 53.4 Å². The third-order valence-electron chi connectivity index (χ3n) is 7.72. The summed E-state index contributed by atoms with van der Waals surface area (Å²) < 4.78 is 7.40. The molecule has 1 aliphatic carbocycles. The van der Waals surface area contributed by atoms with E-state index in [4.69, 9.17) is 14.8 Å². The van der Waals surface area contributed by atoms with Gasteiger partial charge in [-0.25, -0.2) is 4.98 Å². The van der Waals surface area contributed by atoms with Crippen molar-refractivity contribution in [2.45, 2.75) is 45.1 Å². The lowest BCUT2D eigenvalue weighted by molar-refractivity contribution is 0.0699. The first-order valence-corrected chi connectivity index (χ1v) is 13.3. The van der Waals surface area contributed by atoms with E-state index in [1.165, 1.54) is 0 Å². The van der Waals surface area contributed by atoms with Gasteiger partial charge in [-0.05, 0) is 55.7 Å². The van der Waals surface area contributed by atoms with Crippen LogP contribution in [0.1, 0.15) is 48.0 Å². The van der Waals surface area contributed by atoms with Gasteiger partial charge >= 0.3 is 0 Å². The molecule has 0 spiro atoms. The Morgan fingerprint density at radius 3 is 2.81 bits per heavy atom. The van der Waals surface area contributed by atoms with Gasteiger partial charge in [-0.2, -0.15) is 9.61 Å². The third-order valence-corrected chi connectivity index (χ3v) is 7.72. The van der Waals surface area contributed by atoms with E-state index in [0.29, 0.717) is 11.5 Å². The number of aliphatic hydroxyl groups is 1. The second-order valence-corrected chi connectivity index (χ2v) is 10.3. The number of benzene rings is 1. The number of ether oxygens (including phenoxy) is 1. The number of aromatic nitrogens is 3. The molecule has 194 valence electrons. The monoisotopic (exact) mass is 502 g/mol. The van der Waals surface area contributed by atoms with Crippen LogP contribution in [0, 0.1) is 12.8 Å².